The van der Waals surface area contributed by atoms with Crippen LogP contribution in [0.3, 0.4) is 0 Å². The van der Waals surface area contributed by atoms with E-state index in [1.165, 1.54) is 11.0 Å². The van der Waals surface area contributed by atoms with Crippen LogP contribution in [0.5, 0.6) is 0 Å². The molecule has 2 unspecified atom stereocenters. The van der Waals surface area contributed by atoms with E-state index in [1.807, 2.05) is 17.0 Å². The number of amides is 4. The molecule has 2 N–H and O–H groups in total. The number of piperidine rings is 1. The summed E-state index contributed by atoms with van der Waals surface area (Å²) >= 11 is 4.76. The molecule has 3 saturated heterocycles. The summed E-state index contributed by atoms with van der Waals surface area (Å²) in [7, 11) is 0. The standard InChI is InChI=1S/C41H52F3N7O5S.ClH/c1-25-22-48(23-26(2)49(25)24-36(53)46-29-9-6-27(7-10-29)33-16-17-35(52)47-37(33)54)18-5-19-56-32-14-12-30(13-15-32)51-39(57)50(38(55)40(51,3)4)31-11-8-28(21-45)34(20-31)41(42,43)44;/h6-11,20,25-26,30,32-33,39,57H,5,12-19,22-24H2,1-4H3,(H,46,53)(H,47,52,54);1H/t25-,26+,30?,32?,33?,39?;. The molecule has 1 saturated carbocycles. The van der Waals surface area contributed by atoms with Crippen LogP contribution >= 0.6 is 25.0 Å². The van der Waals surface area contributed by atoms with Crippen LogP contribution in [0.4, 0.5) is 24.5 Å². The molecule has 17 heteroatoms. The Morgan fingerprint density at radius 1 is 1.02 bits per heavy atom. The van der Waals surface area contributed by atoms with Gasteiger partial charge in [-0.25, -0.2) is 0 Å². The molecule has 316 valence electrons. The summed E-state index contributed by atoms with van der Waals surface area (Å²) < 4.78 is 47.5. The predicted octanol–water partition coefficient (Wildman–Crippen LogP) is 5.91. The van der Waals surface area contributed by atoms with Crippen molar-refractivity contribution < 1.29 is 37.1 Å². The minimum Gasteiger partial charge on any atom is -0.378 e. The molecule has 12 nitrogen and oxygen atoms in total. The zero-order valence-corrected chi connectivity index (χ0v) is 35.0. The highest BCUT2D eigenvalue weighted by atomic mass is 35.5. The van der Waals surface area contributed by atoms with Crippen molar-refractivity contribution in [1.82, 2.24) is 20.0 Å². The molecule has 0 aromatic heterocycles. The van der Waals surface area contributed by atoms with Crippen LogP contribution in [0.2, 0.25) is 0 Å². The van der Waals surface area contributed by atoms with Crippen molar-refractivity contribution in [2.24, 2.45) is 0 Å². The van der Waals surface area contributed by atoms with Crippen LogP contribution < -0.4 is 15.5 Å². The maximum Gasteiger partial charge on any atom is 0.417 e. The molecule has 3 heterocycles. The molecular formula is C41H53ClF3N7O5S. The molecule has 2 aromatic carbocycles. The van der Waals surface area contributed by atoms with E-state index in [0.29, 0.717) is 25.1 Å². The van der Waals surface area contributed by atoms with E-state index in [2.05, 4.69) is 34.3 Å². The first-order valence-corrected chi connectivity index (χ1v) is 20.2. The fraction of sp³-hybridized carbons (Fsp3) is 0.585. The molecule has 4 fully saturated rings. The quantitative estimate of drug-likeness (QED) is 0.143. The monoisotopic (exact) mass is 847 g/mol. The summed E-state index contributed by atoms with van der Waals surface area (Å²) in [6, 6.07) is 12.5. The van der Waals surface area contributed by atoms with Crippen LogP contribution in [0.25, 0.3) is 0 Å². The highest BCUT2D eigenvalue weighted by Gasteiger charge is 2.54. The largest absolute Gasteiger partial charge is 0.417 e. The maximum atomic E-state index is 13.7. The minimum atomic E-state index is -4.74. The molecule has 4 amide bonds. The molecule has 2 aromatic rings. The lowest BCUT2D eigenvalue weighted by molar-refractivity contribution is -0.138. The lowest BCUT2D eigenvalue weighted by Crippen LogP contribution is -2.58. The lowest BCUT2D eigenvalue weighted by Gasteiger charge is -2.44. The summed E-state index contributed by atoms with van der Waals surface area (Å²) in [5.41, 5.74) is -1.81. The van der Waals surface area contributed by atoms with Crippen molar-refractivity contribution in [3.63, 3.8) is 0 Å². The maximum absolute atomic E-state index is 13.7. The number of alkyl halides is 3. The number of hydrogen-bond acceptors (Lipinski definition) is 10. The second kappa shape index (κ2) is 18.7. The normalized spacial score (nSPS) is 27.2. The summed E-state index contributed by atoms with van der Waals surface area (Å²) in [6.45, 7) is 11.2. The second-order valence-electron chi connectivity index (χ2n) is 16.3. The number of nitriles is 1. The van der Waals surface area contributed by atoms with E-state index in [0.717, 1.165) is 69.4 Å². The number of carbonyl (C=O) groups is 4. The number of benzene rings is 2. The van der Waals surface area contributed by atoms with Gasteiger partial charge >= 0.3 is 6.18 Å². The third-order valence-electron chi connectivity index (χ3n) is 11.9. The van der Waals surface area contributed by atoms with Gasteiger partial charge in [-0.2, -0.15) is 18.4 Å². The van der Waals surface area contributed by atoms with Gasteiger partial charge in [-0.3, -0.25) is 39.2 Å². The first-order chi connectivity index (χ1) is 27.0. The van der Waals surface area contributed by atoms with Gasteiger partial charge in [-0.1, -0.05) is 12.1 Å². The number of imide groups is 1. The van der Waals surface area contributed by atoms with E-state index < -0.39 is 28.3 Å². The smallest absolute Gasteiger partial charge is 0.378 e. The summed E-state index contributed by atoms with van der Waals surface area (Å²) in [5, 5.41) is 14.6. The van der Waals surface area contributed by atoms with Gasteiger partial charge in [0.25, 0.3) is 0 Å². The number of halogens is 4. The number of ether oxygens (including phenoxy) is 1. The summed E-state index contributed by atoms with van der Waals surface area (Å²) in [5.74, 6) is -1.36. The molecule has 1 aliphatic carbocycles. The Bertz CT molecular complexity index is 1860. The predicted molar refractivity (Wildman–Crippen MR) is 218 cm³/mol. The molecule has 0 spiro atoms. The van der Waals surface area contributed by atoms with Gasteiger partial charge in [0.1, 0.15) is 5.50 Å². The van der Waals surface area contributed by atoms with Crippen molar-refractivity contribution in [3.05, 3.63) is 59.2 Å². The highest BCUT2D eigenvalue weighted by Crippen LogP contribution is 2.43. The van der Waals surface area contributed by atoms with Crippen molar-refractivity contribution >= 4 is 60.0 Å². The lowest BCUT2D eigenvalue weighted by atomic mass is 9.89. The Hall–Kier alpha value is -3.72. The topological polar surface area (TPSA) is 138 Å². The van der Waals surface area contributed by atoms with Gasteiger partial charge in [0, 0.05) is 62.2 Å². The number of piperazine rings is 1. The number of hydrogen-bond donors (Lipinski definition) is 3. The zero-order chi connectivity index (χ0) is 41.2. The Morgan fingerprint density at radius 2 is 1.67 bits per heavy atom. The number of carbonyl (C=O) groups excluding carboxylic acids is 4. The Labute approximate surface area is 349 Å². The van der Waals surface area contributed by atoms with E-state index in [-0.39, 0.29) is 78.4 Å². The van der Waals surface area contributed by atoms with Crippen LogP contribution in [0.15, 0.2) is 42.5 Å². The van der Waals surface area contributed by atoms with E-state index in [4.69, 9.17) is 17.4 Å². The van der Waals surface area contributed by atoms with Gasteiger partial charge in [0.05, 0.1) is 41.3 Å². The number of nitrogens with zero attached hydrogens (tertiary/aromatic N) is 5. The molecular weight excluding hydrogens is 795 g/mol. The van der Waals surface area contributed by atoms with Gasteiger partial charge in [0.15, 0.2) is 0 Å². The van der Waals surface area contributed by atoms with Crippen LogP contribution in [-0.4, -0.2) is 106 Å². The third-order valence-corrected chi connectivity index (χ3v) is 12.4. The molecule has 0 radical (unpaired) electrons. The molecule has 4 aliphatic rings. The van der Waals surface area contributed by atoms with Crippen molar-refractivity contribution in [3.8, 4) is 6.07 Å². The van der Waals surface area contributed by atoms with Crippen molar-refractivity contribution in [2.75, 3.05) is 43.0 Å². The Kier molecular flexibility index (Phi) is 14.6. The van der Waals surface area contributed by atoms with Crippen LogP contribution in [0, 0.1) is 11.3 Å². The number of thiol groups is 1. The number of rotatable bonds is 11. The zero-order valence-electron chi connectivity index (χ0n) is 33.3. The summed E-state index contributed by atoms with van der Waals surface area (Å²) in [4.78, 5) is 58.3. The fourth-order valence-corrected chi connectivity index (χ4v) is 9.71. The fourth-order valence-electron chi connectivity index (χ4n) is 9.00. The molecule has 6 rings (SSSR count). The second-order valence-corrected chi connectivity index (χ2v) is 16.7. The van der Waals surface area contributed by atoms with Crippen molar-refractivity contribution in [1.29, 1.82) is 5.26 Å². The average molecular weight is 848 g/mol. The molecule has 58 heavy (non-hydrogen) atoms. The molecule has 4 atom stereocenters. The summed E-state index contributed by atoms with van der Waals surface area (Å²) in [6.07, 6.45) is 0.0752. The highest BCUT2D eigenvalue weighted by molar-refractivity contribution is 7.81. The van der Waals surface area contributed by atoms with Crippen LogP contribution in [-0.2, 0) is 30.1 Å². The van der Waals surface area contributed by atoms with Gasteiger partial charge in [-0.05, 0) is 102 Å². The average Bonchev–Trinajstić information content (AvgIpc) is 3.33. The molecule has 3 aliphatic heterocycles. The van der Waals surface area contributed by atoms with Crippen molar-refractivity contribution in [2.45, 2.75) is 120 Å². The van der Waals surface area contributed by atoms with Gasteiger partial charge in [-0.15, -0.1) is 25.0 Å². The number of anilines is 2. The SMILES string of the molecule is C[C@@H]1CN(CCCOC2CCC(N3C(S)N(c4ccc(C#N)c(C(F)(F)F)c4)C(=O)C3(C)C)CC2)C[C@H](C)N1CC(=O)Nc1ccc(C2CCC(=O)NC2=O)cc1.Cl. The first-order valence-electron chi connectivity index (χ1n) is 19.7. The molecule has 0 bridgehead atoms. The van der Waals surface area contributed by atoms with E-state index >= 15 is 0 Å². The van der Waals surface area contributed by atoms with Gasteiger partial charge < -0.3 is 15.0 Å². The minimum absolute atomic E-state index is 0. The Balaban J connectivity index is 0.00000641. The van der Waals surface area contributed by atoms with Crippen LogP contribution in [0.1, 0.15) is 95.2 Å². The first kappa shape index (κ1) is 45.4. The van der Waals surface area contributed by atoms with E-state index in [1.54, 1.807) is 32.0 Å². The van der Waals surface area contributed by atoms with Gasteiger partial charge in [0.2, 0.25) is 23.6 Å². The third kappa shape index (κ3) is 10.00. The number of nitrogens with one attached hydrogen (secondary N) is 2. The Morgan fingerprint density at radius 3 is 2.28 bits per heavy atom. The van der Waals surface area contributed by atoms with E-state index in [9.17, 15) is 37.6 Å².